The van der Waals surface area contributed by atoms with Crippen LogP contribution in [0.3, 0.4) is 0 Å². The van der Waals surface area contributed by atoms with Gasteiger partial charge in [0.1, 0.15) is 5.82 Å². The number of rotatable bonds is 6. The highest BCUT2D eigenvalue weighted by atomic mass is 127. The third-order valence-corrected chi connectivity index (χ3v) is 8.74. The molecule has 3 aromatic rings. The van der Waals surface area contributed by atoms with E-state index < -0.39 is 23.9 Å². The average molecular weight is 526 g/mol. The smallest absolute Gasteiger partial charge is 0.219 e. The lowest BCUT2D eigenvalue weighted by atomic mass is 10.4. The number of halogens is 1. The van der Waals surface area contributed by atoms with Gasteiger partial charge in [0.05, 0.1) is 9.79 Å². The molecule has 1 aromatic heterocycles. The Bertz CT molecular complexity index is 1120. The number of hydrogen-bond donors (Lipinski definition) is 1. The lowest BCUT2D eigenvalue weighted by molar-refractivity contribution is 0.595. The summed E-state index contributed by atoms with van der Waals surface area (Å²) in [6.07, 6.45) is 2.55. The molecule has 0 fully saturated rings. The highest BCUT2D eigenvalue weighted by molar-refractivity contribution is 14.1. The SMILES string of the molecule is O=S(=O)(C(=CNc1ccc(I)cn1)S(=O)(=O)c1ccccc1)c1ccccc1. The van der Waals surface area contributed by atoms with Crippen LogP contribution in [-0.2, 0) is 19.7 Å². The molecule has 0 aliphatic carbocycles. The van der Waals surface area contributed by atoms with Crippen LogP contribution >= 0.6 is 22.6 Å². The molecule has 0 saturated heterocycles. The highest BCUT2D eigenvalue weighted by Crippen LogP contribution is 2.29. The zero-order valence-electron chi connectivity index (χ0n) is 14.4. The zero-order valence-corrected chi connectivity index (χ0v) is 18.1. The lowest BCUT2D eigenvalue weighted by Crippen LogP contribution is -2.16. The summed E-state index contributed by atoms with van der Waals surface area (Å²) in [6.45, 7) is 0. The number of aromatic nitrogens is 1. The molecule has 144 valence electrons. The number of hydrogen-bond acceptors (Lipinski definition) is 6. The molecule has 0 aliphatic heterocycles. The van der Waals surface area contributed by atoms with Gasteiger partial charge in [0.25, 0.3) is 0 Å². The Labute approximate surface area is 177 Å². The fourth-order valence-corrected chi connectivity index (χ4v) is 6.30. The van der Waals surface area contributed by atoms with Crippen molar-refractivity contribution < 1.29 is 16.8 Å². The maximum Gasteiger partial charge on any atom is 0.219 e. The van der Waals surface area contributed by atoms with Crippen molar-refractivity contribution >= 4 is 48.1 Å². The Morgan fingerprint density at radius 1 is 0.786 bits per heavy atom. The third kappa shape index (κ3) is 4.42. The number of nitrogens with zero attached hydrogens (tertiary/aromatic N) is 1. The minimum atomic E-state index is -4.30. The maximum atomic E-state index is 13.1. The van der Waals surface area contributed by atoms with Crippen molar-refractivity contribution in [1.82, 2.24) is 4.98 Å². The number of nitrogens with one attached hydrogen (secondary N) is 1. The summed E-state index contributed by atoms with van der Waals surface area (Å²) in [5, 5.41) is 2.69. The van der Waals surface area contributed by atoms with E-state index in [4.69, 9.17) is 0 Å². The minimum Gasteiger partial charge on any atom is -0.345 e. The molecule has 0 amide bonds. The Balaban J connectivity index is 2.14. The van der Waals surface area contributed by atoms with E-state index in [1.807, 2.05) is 0 Å². The van der Waals surface area contributed by atoms with Crippen molar-refractivity contribution in [1.29, 1.82) is 0 Å². The molecule has 0 atom stereocenters. The van der Waals surface area contributed by atoms with E-state index in [2.05, 4.69) is 32.9 Å². The van der Waals surface area contributed by atoms with Gasteiger partial charge in [-0.2, -0.15) is 0 Å². The van der Waals surface area contributed by atoms with Crippen molar-refractivity contribution in [2.24, 2.45) is 0 Å². The first-order valence-electron chi connectivity index (χ1n) is 8.00. The van der Waals surface area contributed by atoms with Crippen LogP contribution in [0.2, 0.25) is 0 Å². The molecule has 0 spiro atoms. The molecule has 9 heteroatoms. The number of pyridine rings is 1. The van der Waals surface area contributed by atoms with Crippen LogP contribution in [-0.4, -0.2) is 21.8 Å². The third-order valence-electron chi connectivity index (χ3n) is 3.70. The Kier molecular flexibility index (Phi) is 6.16. The van der Waals surface area contributed by atoms with Gasteiger partial charge in [0.15, 0.2) is 4.24 Å². The van der Waals surface area contributed by atoms with Crippen molar-refractivity contribution in [2.75, 3.05) is 5.32 Å². The van der Waals surface area contributed by atoms with E-state index in [-0.39, 0.29) is 9.79 Å². The molecule has 0 aliphatic rings. The predicted molar refractivity (Wildman–Crippen MR) is 116 cm³/mol. The molecule has 28 heavy (non-hydrogen) atoms. The first-order chi connectivity index (χ1) is 13.3. The van der Waals surface area contributed by atoms with Gasteiger partial charge >= 0.3 is 0 Å². The van der Waals surface area contributed by atoms with Crippen LogP contribution in [0, 0.1) is 3.57 Å². The fraction of sp³-hybridized carbons (Fsp3) is 0. The van der Waals surface area contributed by atoms with Gasteiger partial charge in [0.2, 0.25) is 19.7 Å². The molecular weight excluding hydrogens is 511 g/mol. The van der Waals surface area contributed by atoms with E-state index in [0.29, 0.717) is 5.82 Å². The number of anilines is 1. The van der Waals surface area contributed by atoms with Gasteiger partial charge in [-0.25, -0.2) is 21.8 Å². The fourth-order valence-electron chi connectivity index (χ4n) is 2.33. The van der Waals surface area contributed by atoms with E-state index in [1.54, 1.807) is 30.5 Å². The summed E-state index contributed by atoms with van der Waals surface area (Å²) in [5.41, 5.74) is 0. The molecule has 3 rings (SSSR count). The van der Waals surface area contributed by atoms with E-state index >= 15 is 0 Å². The number of sulfone groups is 2. The van der Waals surface area contributed by atoms with Crippen LogP contribution in [0.15, 0.2) is 99.2 Å². The minimum absolute atomic E-state index is 0.113. The van der Waals surface area contributed by atoms with Crippen molar-refractivity contribution in [3.05, 3.63) is 93.0 Å². The van der Waals surface area contributed by atoms with Gasteiger partial charge in [-0.3, -0.25) is 0 Å². The van der Waals surface area contributed by atoms with Gasteiger partial charge in [-0.1, -0.05) is 36.4 Å². The molecular formula is C19H15IN2O4S2. The molecule has 1 heterocycles. The molecule has 6 nitrogen and oxygen atoms in total. The monoisotopic (exact) mass is 526 g/mol. The zero-order chi connectivity index (χ0) is 20.2. The van der Waals surface area contributed by atoms with Gasteiger partial charge in [-0.15, -0.1) is 0 Å². The summed E-state index contributed by atoms with van der Waals surface area (Å²) in [4.78, 5) is 3.88. The summed E-state index contributed by atoms with van der Waals surface area (Å²) in [7, 11) is -8.61. The predicted octanol–water partition coefficient (Wildman–Crippen LogP) is 3.84. The molecule has 0 unspecified atom stereocenters. The summed E-state index contributed by atoms with van der Waals surface area (Å²) in [5.74, 6) is 0.324. The lowest BCUT2D eigenvalue weighted by Gasteiger charge is -2.11. The first-order valence-corrected chi connectivity index (χ1v) is 12.0. The van der Waals surface area contributed by atoms with E-state index in [1.165, 1.54) is 48.5 Å². The van der Waals surface area contributed by atoms with E-state index in [9.17, 15) is 16.8 Å². The normalized spacial score (nSPS) is 11.6. The maximum absolute atomic E-state index is 13.1. The van der Waals surface area contributed by atoms with E-state index in [0.717, 1.165) is 9.77 Å². The molecule has 0 saturated carbocycles. The quantitative estimate of drug-likeness (QED) is 0.491. The van der Waals surface area contributed by atoms with Crippen molar-refractivity contribution in [3.8, 4) is 0 Å². The van der Waals surface area contributed by atoms with Gasteiger partial charge in [-0.05, 0) is 59.0 Å². The summed E-state index contributed by atoms with van der Waals surface area (Å²) >= 11 is 2.08. The standard InChI is InChI=1S/C19H15IN2O4S2/c20-15-11-12-18(21-13-15)22-14-19(27(23,24)16-7-3-1-4-8-16)28(25,26)17-9-5-2-6-10-17/h1-14H,(H,21,22). The van der Waals surface area contributed by atoms with Crippen molar-refractivity contribution in [3.63, 3.8) is 0 Å². The topological polar surface area (TPSA) is 93.2 Å². The summed E-state index contributed by atoms with van der Waals surface area (Å²) in [6, 6.07) is 18.3. The Hall–Kier alpha value is -2.24. The van der Waals surface area contributed by atoms with Crippen LogP contribution in [0.4, 0.5) is 5.82 Å². The second-order valence-electron chi connectivity index (χ2n) is 5.60. The molecule has 2 aromatic carbocycles. The second-order valence-corrected chi connectivity index (χ2v) is 10.9. The average Bonchev–Trinajstić information content (AvgIpc) is 2.70. The van der Waals surface area contributed by atoms with Gasteiger partial charge in [0, 0.05) is 16.0 Å². The second kappa shape index (κ2) is 8.41. The molecule has 0 radical (unpaired) electrons. The van der Waals surface area contributed by atoms with Crippen LogP contribution in [0.5, 0.6) is 0 Å². The first kappa shape index (κ1) is 20.5. The molecule has 1 N–H and O–H groups in total. The van der Waals surface area contributed by atoms with Crippen molar-refractivity contribution in [2.45, 2.75) is 9.79 Å². The van der Waals surface area contributed by atoms with Crippen LogP contribution < -0.4 is 5.32 Å². The highest BCUT2D eigenvalue weighted by Gasteiger charge is 2.33. The molecule has 0 bridgehead atoms. The van der Waals surface area contributed by atoms with Gasteiger partial charge < -0.3 is 5.32 Å². The van der Waals surface area contributed by atoms with Crippen LogP contribution in [0.25, 0.3) is 0 Å². The Morgan fingerprint density at radius 3 is 1.71 bits per heavy atom. The number of benzene rings is 2. The van der Waals surface area contributed by atoms with Crippen LogP contribution in [0.1, 0.15) is 0 Å². The Morgan fingerprint density at radius 2 is 1.29 bits per heavy atom. The summed E-state index contributed by atoms with van der Waals surface area (Å²) < 4.78 is 52.6. The largest absolute Gasteiger partial charge is 0.345 e.